The second-order valence-electron chi connectivity index (χ2n) is 3.00. The predicted molar refractivity (Wildman–Crippen MR) is 50.1 cm³/mol. The van der Waals surface area contributed by atoms with Crippen LogP contribution in [0.4, 0.5) is 22.0 Å². The first kappa shape index (κ1) is 13.1. The Balaban J connectivity index is 2.68. The fourth-order valence-corrected chi connectivity index (χ4v) is 1.12. The van der Waals surface area contributed by atoms with Crippen molar-refractivity contribution in [2.24, 2.45) is 0 Å². The Labute approximate surface area is 93.6 Å². The van der Waals surface area contributed by atoms with Crippen LogP contribution in [0.25, 0.3) is 0 Å². The van der Waals surface area contributed by atoms with Gasteiger partial charge in [0.25, 0.3) is 0 Å². The van der Waals surface area contributed by atoms with E-state index in [4.69, 9.17) is 0 Å². The molecular formula is C9H7F5OS. The SMILES string of the molecule is Fc1cc(S)cc(OCC(F)(F)C(F)F)c1. The zero-order valence-electron chi connectivity index (χ0n) is 7.76. The van der Waals surface area contributed by atoms with E-state index in [1.165, 1.54) is 0 Å². The van der Waals surface area contributed by atoms with Gasteiger partial charge >= 0.3 is 12.3 Å². The number of thiol groups is 1. The number of rotatable bonds is 4. The Morgan fingerprint density at radius 1 is 1.25 bits per heavy atom. The minimum atomic E-state index is -4.26. The number of halogens is 5. The molecule has 0 fully saturated rings. The fraction of sp³-hybridized carbons (Fsp3) is 0.333. The highest BCUT2D eigenvalue weighted by molar-refractivity contribution is 7.80. The molecule has 1 nitrogen and oxygen atoms in total. The smallest absolute Gasteiger partial charge is 0.340 e. The summed E-state index contributed by atoms with van der Waals surface area (Å²) >= 11 is 3.77. The van der Waals surface area contributed by atoms with Crippen molar-refractivity contribution in [2.45, 2.75) is 17.2 Å². The highest BCUT2D eigenvalue weighted by Crippen LogP contribution is 2.25. The van der Waals surface area contributed by atoms with Gasteiger partial charge in [-0.05, 0) is 12.1 Å². The topological polar surface area (TPSA) is 9.23 Å². The Hall–Kier alpha value is -0.980. The van der Waals surface area contributed by atoms with E-state index in [1.807, 2.05) is 0 Å². The molecule has 0 aliphatic heterocycles. The van der Waals surface area contributed by atoms with Gasteiger partial charge in [-0.15, -0.1) is 12.6 Å². The van der Waals surface area contributed by atoms with E-state index < -0.39 is 24.8 Å². The van der Waals surface area contributed by atoms with Crippen LogP contribution >= 0.6 is 12.6 Å². The number of benzene rings is 1. The molecule has 0 heterocycles. The minimum absolute atomic E-state index is 0.148. The average molecular weight is 258 g/mol. The van der Waals surface area contributed by atoms with Crippen molar-refractivity contribution in [3.63, 3.8) is 0 Å². The first-order valence-electron chi connectivity index (χ1n) is 4.09. The Morgan fingerprint density at radius 3 is 2.38 bits per heavy atom. The van der Waals surface area contributed by atoms with Crippen molar-refractivity contribution in [3.8, 4) is 5.75 Å². The fourth-order valence-electron chi connectivity index (χ4n) is 0.874. The molecular weight excluding hydrogens is 251 g/mol. The van der Waals surface area contributed by atoms with Crippen molar-refractivity contribution in [2.75, 3.05) is 6.61 Å². The van der Waals surface area contributed by atoms with Gasteiger partial charge in [0.2, 0.25) is 0 Å². The molecule has 16 heavy (non-hydrogen) atoms. The third-order valence-corrected chi connectivity index (χ3v) is 1.86. The van der Waals surface area contributed by atoms with E-state index in [0.29, 0.717) is 0 Å². The van der Waals surface area contributed by atoms with Crippen LogP contribution in [0.2, 0.25) is 0 Å². The molecule has 1 aromatic carbocycles. The third-order valence-electron chi connectivity index (χ3n) is 1.61. The Kier molecular flexibility index (Phi) is 4.01. The van der Waals surface area contributed by atoms with E-state index in [1.54, 1.807) is 0 Å². The highest BCUT2D eigenvalue weighted by Gasteiger charge is 2.41. The van der Waals surface area contributed by atoms with Gasteiger partial charge in [-0.2, -0.15) is 8.78 Å². The van der Waals surface area contributed by atoms with Crippen LogP contribution in [0.15, 0.2) is 23.1 Å². The minimum Gasteiger partial charge on any atom is -0.487 e. The summed E-state index contributed by atoms with van der Waals surface area (Å²) in [5.74, 6) is -5.28. The average Bonchev–Trinajstić information content (AvgIpc) is 2.13. The largest absolute Gasteiger partial charge is 0.487 e. The zero-order valence-corrected chi connectivity index (χ0v) is 8.66. The number of hydrogen-bond donors (Lipinski definition) is 1. The van der Waals surface area contributed by atoms with Gasteiger partial charge in [0, 0.05) is 11.0 Å². The van der Waals surface area contributed by atoms with E-state index in [-0.39, 0.29) is 10.6 Å². The van der Waals surface area contributed by atoms with Crippen LogP contribution in [0, 0.1) is 5.82 Å². The van der Waals surface area contributed by atoms with Crippen LogP contribution < -0.4 is 4.74 Å². The number of alkyl halides is 4. The monoisotopic (exact) mass is 258 g/mol. The maximum Gasteiger partial charge on any atom is 0.340 e. The second-order valence-corrected chi connectivity index (χ2v) is 3.51. The summed E-state index contributed by atoms with van der Waals surface area (Å²) in [5, 5.41) is 0. The molecule has 0 N–H and O–H groups in total. The van der Waals surface area contributed by atoms with Gasteiger partial charge in [0.1, 0.15) is 11.6 Å². The molecule has 0 amide bonds. The summed E-state index contributed by atoms with van der Waals surface area (Å²) in [4.78, 5) is 0.148. The number of ether oxygens (including phenoxy) is 1. The van der Waals surface area contributed by atoms with Crippen molar-refractivity contribution >= 4 is 12.6 Å². The van der Waals surface area contributed by atoms with Crippen molar-refractivity contribution in [3.05, 3.63) is 24.0 Å². The molecule has 0 unspecified atom stereocenters. The van der Waals surface area contributed by atoms with Crippen LogP contribution in [-0.2, 0) is 0 Å². The molecule has 0 bridgehead atoms. The summed E-state index contributed by atoms with van der Waals surface area (Å²) < 4.78 is 65.5. The predicted octanol–water partition coefficient (Wildman–Crippen LogP) is 3.39. The van der Waals surface area contributed by atoms with Gasteiger partial charge in [0.05, 0.1) is 0 Å². The maximum absolute atomic E-state index is 12.7. The van der Waals surface area contributed by atoms with Crippen molar-refractivity contribution in [1.29, 1.82) is 0 Å². The highest BCUT2D eigenvalue weighted by atomic mass is 32.1. The molecule has 7 heteroatoms. The van der Waals surface area contributed by atoms with Crippen LogP contribution in [-0.4, -0.2) is 19.0 Å². The van der Waals surface area contributed by atoms with Gasteiger partial charge < -0.3 is 4.74 Å². The molecule has 0 radical (unpaired) electrons. The van der Waals surface area contributed by atoms with E-state index >= 15 is 0 Å². The molecule has 0 atom stereocenters. The van der Waals surface area contributed by atoms with Crippen molar-refractivity contribution in [1.82, 2.24) is 0 Å². The molecule has 0 saturated carbocycles. The molecule has 1 aromatic rings. The van der Waals surface area contributed by atoms with Gasteiger partial charge in [0.15, 0.2) is 6.61 Å². The first-order valence-corrected chi connectivity index (χ1v) is 4.54. The first-order chi connectivity index (χ1) is 7.31. The van der Waals surface area contributed by atoms with Crippen LogP contribution in [0.5, 0.6) is 5.75 Å². The summed E-state index contributed by atoms with van der Waals surface area (Å²) in [7, 11) is 0. The lowest BCUT2D eigenvalue weighted by Crippen LogP contribution is -2.33. The summed E-state index contributed by atoms with van der Waals surface area (Å²) in [5.41, 5.74) is 0. The molecule has 0 spiro atoms. The Morgan fingerprint density at radius 2 is 1.88 bits per heavy atom. The molecule has 0 aliphatic carbocycles. The van der Waals surface area contributed by atoms with Crippen molar-refractivity contribution < 1.29 is 26.7 Å². The molecule has 90 valence electrons. The van der Waals surface area contributed by atoms with E-state index in [9.17, 15) is 22.0 Å². The van der Waals surface area contributed by atoms with Gasteiger partial charge in [-0.3, -0.25) is 0 Å². The van der Waals surface area contributed by atoms with Crippen LogP contribution in [0.1, 0.15) is 0 Å². The lowest BCUT2D eigenvalue weighted by molar-refractivity contribution is -0.148. The summed E-state index contributed by atoms with van der Waals surface area (Å²) in [6.45, 7) is -1.51. The number of hydrogen-bond acceptors (Lipinski definition) is 2. The van der Waals surface area contributed by atoms with Crippen LogP contribution in [0.3, 0.4) is 0 Å². The molecule has 0 aliphatic rings. The molecule has 1 rings (SSSR count). The second kappa shape index (κ2) is 4.90. The quantitative estimate of drug-likeness (QED) is 0.643. The lowest BCUT2D eigenvalue weighted by Gasteiger charge is -2.16. The summed E-state index contributed by atoms with van der Waals surface area (Å²) in [6.07, 6.45) is -3.82. The lowest BCUT2D eigenvalue weighted by atomic mass is 10.3. The standard InChI is InChI=1S/C9H7F5OS/c10-5-1-6(3-7(16)2-5)15-4-9(13,14)8(11)12/h1-3,8,16H,4H2. The summed E-state index contributed by atoms with van der Waals surface area (Å²) in [6, 6.07) is 2.98. The van der Waals surface area contributed by atoms with Gasteiger partial charge in [-0.1, -0.05) is 0 Å². The van der Waals surface area contributed by atoms with E-state index in [0.717, 1.165) is 18.2 Å². The maximum atomic E-state index is 12.7. The molecule has 0 aromatic heterocycles. The van der Waals surface area contributed by atoms with E-state index in [2.05, 4.69) is 17.4 Å². The normalized spacial score (nSPS) is 11.9. The van der Waals surface area contributed by atoms with Gasteiger partial charge in [-0.25, -0.2) is 13.2 Å². The molecule has 0 saturated heterocycles. The zero-order chi connectivity index (χ0) is 12.3. The third kappa shape index (κ3) is 3.55. The Bertz CT molecular complexity index is 349.